The zero-order valence-corrected chi connectivity index (χ0v) is 10.9. The maximum atomic E-state index is 11.0. The number of nitrogens with one attached hydrogen (secondary N) is 1. The number of carbonyl (C=O) groups excluding carboxylic acids is 1. The van der Waals surface area contributed by atoms with Gasteiger partial charge in [-0.1, -0.05) is 29.3 Å². The van der Waals surface area contributed by atoms with Crippen LogP contribution in [0.25, 0.3) is 0 Å². The van der Waals surface area contributed by atoms with Crippen molar-refractivity contribution in [2.45, 2.75) is 6.92 Å². The fourth-order valence-corrected chi connectivity index (χ4v) is 1.43. The normalized spacial score (nSPS) is 10.5. The summed E-state index contributed by atoms with van der Waals surface area (Å²) in [4.78, 5) is 11.0. The van der Waals surface area contributed by atoms with Gasteiger partial charge in [0, 0.05) is 18.3 Å². The van der Waals surface area contributed by atoms with Gasteiger partial charge >= 0.3 is 5.97 Å². The predicted octanol–water partition coefficient (Wildman–Crippen LogP) is 3.52. The first-order chi connectivity index (χ1) is 8.13. The number of carbonyl (C=O) groups is 1. The van der Waals surface area contributed by atoms with E-state index in [2.05, 4.69) is 5.32 Å². The monoisotopic (exact) mass is 273 g/mol. The smallest absolute Gasteiger partial charge is 0.330 e. The summed E-state index contributed by atoms with van der Waals surface area (Å²) in [6, 6.07) is 5.25. The molecule has 5 heteroatoms. The molecule has 17 heavy (non-hydrogen) atoms. The first-order valence-electron chi connectivity index (χ1n) is 5.15. The molecule has 0 unspecified atom stereocenters. The number of hydrogen-bond acceptors (Lipinski definition) is 3. The van der Waals surface area contributed by atoms with Crippen molar-refractivity contribution < 1.29 is 9.53 Å². The summed E-state index contributed by atoms with van der Waals surface area (Å²) >= 11 is 11.6. The third kappa shape index (κ3) is 5.11. The molecule has 0 bridgehead atoms. The van der Waals surface area contributed by atoms with E-state index < -0.39 is 0 Å². The van der Waals surface area contributed by atoms with Crippen molar-refractivity contribution in [3.8, 4) is 0 Å². The minimum absolute atomic E-state index is 0.344. The van der Waals surface area contributed by atoms with Gasteiger partial charge in [0.15, 0.2) is 0 Å². The number of benzene rings is 1. The summed E-state index contributed by atoms with van der Waals surface area (Å²) in [7, 11) is 0. The van der Waals surface area contributed by atoms with Gasteiger partial charge in [-0.3, -0.25) is 0 Å². The molecule has 0 spiro atoms. The molecule has 0 amide bonds. The lowest BCUT2D eigenvalue weighted by Crippen LogP contribution is -2.02. The summed E-state index contributed by atoms with van der Waals surface area (Å²) in [6.45, 7) is 2.65. The fraction of sp³-hybridized carbons (Fsp3) is 0.250. The van der Waals surface area contributed by atoms with Gasteiger partial charge < -0.3 is 10.1 Å². The number of esters is 1. The average molecular weight is 274 g/mol. The number of ether oxygens (including phenoxy) is 1. The second-order valence-electron chi connectivity index (χ2n) is 3.16. The van der Waals surface area contributed by atoms with E-state index in [1.165, 1.54) is 6.08 Å². The van der Waals surface area contributed by atoms with E-state index in [9.17, 15) is 4.79 Å². The quantitative estimate of drug-likeness (QED) is 0.659. The summed E-state index contributed by atoms with van der Waals surface area (Å²) in [6.07, 6.45) is 3.06. The van der Waals surface area contributed by atoms with Crippen LogP contribution in [0.4, 0.5) is 5.69 Å². The fourth-order valence-electron chi connectivity index (χ4n) is 1.13. The molecular formula is C12H13Cl2NO2. The van der Waals surface area contributed by atoms with Crippen LogP contribution in [-0.4, -0.2) is 19.1 Å². The first kappa shape index (κ1) is 13.9. The van der Waals surface area contributed by atoms with Crippen LogP contribution in [0.1, 0.15) is 6.92 Å². The van der Waals surface area contributed by atoms with Gasteiger partial charge in [0.1, 0.15) is 0 Å². The Labute approximate surface area is 110 Å². The van der Waals surface area contributed by atoms with Gasteiger partial charge in [0.2, 0.25) is 0 Å². The van der Waals surface area contributed by atoms with Crippen LogP contribution in [0.15, 0.2) is 30.4 Å². The SMILES string of the molecule is CCOC(=O)/C=C/CNc1ccc(Cl)c(Cl)c1. The van der Waals surface area contributed by atoms with Crippen molar-refractivity contribution in [2.75, 3.05) is 18.5 Å². The van der Waals surface area contributed by atoms with E-state index in [0.29, 0.717) is 23.2 Å². The standard InChI is InChI=1S/C12H13Cl2NO2/c1-2-17-12(16)4-3-7-15-9-5-6-10(13)11(14)8-9/h3-6,8,15H,2,7H2,1H3/b4-3+. The lowest BCUT2D eigenvalue weighted by molar-refractivity contribution is -0.137. The van der Waals surface area contributed by atoms with Crippen LogP contribution in [0.5, 0.6) is 0 Å². The summed E-state index contributed by atoms with van der Waals surface area (Å²) < 4.78 is 4.74. The Morgan fingerprint density at radius 1 is 1.41 bits per heavy atom. The van der Waals surface area contributed by atoms with Gasteiger partial charge in [-0.2, -0.15) is 0 Å². The Morgan fingerprint density at radius 3 is 2.82 bits per heavy atom. The van der Waals surface area contributed by atoms with Gasteiger partial charge in [-0.15, -0.1) is 0 Å². The largest absolute Gasteiger partial charge is 0.463 e. The zero-order valence-electron chi connectivity index (χ0n) is 9.37. The van der Waals surface area contributed by atoms with Gasteiger partial charge in [-0.25, -0.2) is 4.79 Å². The minimum Gasteiger partial charge on any atom is -0.463 e. The molecule has 3 nitrogen and oxygen atoms in total. The molecule has 1 aromatic carbocycles. The Balaban J connectivity index is 2.40. The minimum atomic E-state index is -0.344. The van der Waals surface area contributed by atoms with Gasteiger partial charge in [0.05, 0.1) is 16.7 Å². The van der Waals surface area contributed by atoms with Crippen LogP contribution >= 0.6 is 23.2 Å². The summed E-state index contributed by atoms with van der Waals surface area (Å²) in [5.41, 5.74) is 0.841. The molecule has 0 fully saturated rings. The van der Waals surface area contributed by atoms with E-state index in [1.54, 1.807) is 25.1 Å². The van der Waals surface area contributed by atoms with Gasteiger partial charge in [0.25, 0.3) is 0 Å². The average Bonchev–Trinajstić information content (AvgIpc) is 2.29. The topological polar surface area (TPSA) is 38.3 Å². The number of anilines is 1. The number of halogens is 2. The van der Waals surface area contributed by atoms with E-state index >= 15 is 0 Å². The zero-order chi connectivity index (χ0) is 12.7. The first-order valence-corrected chi connectivity index (χ1v) is 5.91. The van der Waals surface area contributed by atoms with Crippen molar-refractivity contribution in [3.05, 3.63) is 40.4 Å². The second kappa shape index (κ2) is 7.20. The highest BCUT2D eigenvalue weighted by molar-refractivity contribution is 6.42. The second-order valence-corrected chi connectivity index (χ2v) is 3.98. The lowest BCUT2D eigenvalue weighted by Gasteiger charge is -2.04. The molecule has 0 radical (unpaired) electrons. The summed E-state index contributed by atoms with van der Waals surface area (Å²) in [5, 5.41) is 4.08. The van der Waals surface area contributed by atoms with E-state index in [0.717, 1.165) is 5.69 Å². The maximum Gasteiger partial charge on any atom is 0.330 e. The Kier molecular flexibility index (Phi) is 5.87. The molecule has 0 aliphatic rings. The highest BCUT2D eigenvalue weighted by Gasteiger charge is 1.98. The summed E-state index contributed by atoms with van der Waals surface area (Å²) in [5.74, 6) is -0.344. The maximum absolute atomic E-state index is 11.0. The molecule has 0 saturated heterocycles. The molecule has 0 saturated carbocycles. The lowest BCUT2D eigenvalue weighted by atomic mass is 10.3. The highest BCUT2D eigenvalue weighted by Crippen LogP contribution is 2.24. The highest BCUT2D eigenvalue weighted by atomic mass is 35.5. The molecule has 0 aliphatic heterocycles. The molecule has 0 heterocycles. The Hall–Kier alpha value is -1.19. The van der Waals surface area contributed by atoms with Crippen molar-refractivity contribution in [1.82, 2.24) is 0 Å². The Morgan fingerprint density at radius 2 is 2.18 bits per heavy atom. The molecule has 1 N–H and O–H groups in total. The van der Waals surface area contributed by atoms with Crippen molar-refractivity contribution in [1.29, 1.82) is 0 Å². The van der Waals surface area contributed by atoms with Crippen LogP contribution in [0.2, 0.25) is 10.0 Å². The van der Waals surface area contributed by atoms with Crippen molar-refractivity contribution in [2.24, 2.45) is 0 Å². The van der Waals surface area contributed by atoms with Crippen LogP contribution in [0.3, 0.4) is 0 Å². The molecular weight excluding hydrogens is 261 g/mol. The molecule has 0 aromatic heterocycles. The van der Waals surface area contributed by atoms with Crippen LogP contribution in [-0.2, 0) is 9.53 Å². The molecule has 1 aromatic rings. The number of rotatable bonds is 5. The van der Waals surface area contributed by atoms with Crippen LogP contribution in [0, 0.1) is 0 Å². The molecule has 92 valence electrons. The Bertz CT molecular complexity index is 419. The van der Waals surface area contributed by atoms with E-state index in [4.69, 9.17) is 27.9 Å². The van der Waals surface area contributed by atoms with E-state index in [1.807, 2.05) is 6.07 Å². The molecule has 0 aliphatic carbocycles. The van der Waals surface area contributed by atoms with Crippen LogP contribution < -0.4 is 5.32 Å². The van der Waals surface area contributed by atoms with Gasteiger partial charge in [-0.05, 0) is 25.1 Å². The predicted molar refractivity (Wildman–Crippen MR) is 70.7 cm³/mol. The third-order valence-corrected chi connectivity index (χ3v) is 2.62. The van der Waals surface area contributed by atoms with Crippen molar-refractivity contribution in [3.63, 3.8) is 0 Å². The third-order valence-electron chi connectivity index (χ3n) is 1.88. The van der Waals surface area contributed by atoms with Crippen molar-refractivity contribution >= 4 is 34.9 Å². The number of hydrogen-bond donors (Lipinski definition) is 1. The molecule has 1 rings (SSSR count). The molecule has 0 atom stereocenters. The van der Waals surface area contributed by atoms with E-state index in [-0.39, 0.29) is 5.97 Å².